The summed E-state index contributed by atoms with van der Waals surface area (Å²) in [5, 5.41) is 0. The van der Waals surface area contributed by atoms with Crippen molar-refractivity contribution in [3.63, 3.8) is 0 Å². The number of fused-ring (bicyclic) bond motifs is 11. The first-order valence-electron chi connectivity index (χ1n) is 13.6. The Bertz CT molecular complexity index is 1660. The van der Waals surface area contributed by atoms with E-state index in [-0.39, 0.29) is 71.0 Å². The van der Waals surface area contributed by atoms with Crippen LogP contribution in [0.3, 0.4) is 0 Å². The Kier molecular flexibility index (Phi) is 3.98. The standard InChI is InChI=1S/C31H23N3O5/c35-28-23-15-1-2-16(11-15)24(23)29(36)33(28)19-7-5-14(6-8-19)27-32-21-10-9-20(13-22(21)39-27)34-30(37)25-17-3-4-18(12-17)26(25)31(34)38/h1-10,13,15-18,23-26H,11-12H2/t15-,16-,17-,18-,23-,24+,25-,26-/m0/s1. The van der Waals surface area contributed by atoms with Gasteiger partial charge in [-0.1, -0.05) is 24.3 Å². The first-order chi connectivity index (χ1) is 19.0. The minimum Gasteiger partial charge on any atom is -0.436 e. The van der Waals surface area contributed by atoms with Crippen molar-refractivity contribution in [1.82, 2.24) is 4.98 Å². The molecule has 2 saturated carbocycles. The maximum atomic E-state index is 13.2. The summed E-state index contributed by atoms with van der Waals surface area (Å²) in [4.78, 5) is 59.9. The van der Waals surface area contributed by atoms with E-state index in [1.807, 2.05) is 0 Å². The van der Waals surface area contributed by atoms with Gasteiger partial charge in [-0.05, 0) is 72.9 Å². The summed E-state index contributed by atoms with van der Waals surface area (Å²) in [7, 11) is 0. The van der Waals surface area contributed by atoms with Gasteiger partial charge in [0.05, 0.1) is 35.0 Å². The smallest absolute Gasteiger partial charge is 0.238 e. The highest BCUT2D eigenvalue weighted by molar-refractivity contribution is 6.24. The predicted molar refractivity (Wildman–Crippen MR) is 140 cm³/mol. The minimum absolute atomic E-state index is 0.108. The van der Waals surface area contributed by atoms with E-state index in [2.05, 4.69) is 29.3 Å². The maximum absolute atomic E-state index is 13.2. The highest BCUT2D eigenvalue weighted by Gasteiger charge is 2.60. The molecule has 39 heavy (non-hydrogen) atoms. The van der Waals surface area contributed by atoms with Crippen LogP contribution < -0.4 is 9.80 Å². The Labute approximate surface area is 223 Å². The van der Waals surface area contributed by atoms with Crippen LogP contribution >= 0.6 is 0 Å². The number of hydrogen-bond donors (Lipinski definition) is 0. The molecule has 2 aliphatic heterocycles. The topological polar surface area (TPSA) is 101 Å². The van der Waals surface area contributed by atoms with Gasteiger partial charge in [0.1, 0.15) is 5.52 Å². The highest BCUT2D eigenvalue weighted by Crippen LogP contribution is 2.54. The lowest BCUT2D eigenvalue weighted by atomic mass is 9.85. The fraction of sp³-hybridized carbons (Fsp3) is 0.323. The van der Waals surface area contributed by atoms with Gasteiger partial charge in [0.15, 0.2) is 5.58 Å². The van der Waals surface area contributed by atoms with E-state index in [0.717, 1.165) is 12.8 Å². The molecule has 2 saturated heterocycles. The molecule has 4 fully saturated rings. The number of benzene rings is 2. The van der Waals surface area contributed by atoms with Crippen LogP contribution in [0.1, 0.15) is 12.8 Å². The Balaban J connectivity index is 0.997. The van der Waals surface area contributed by atoms with Crippen molar-refractivity contribution in [2.24, 2.45) is 47.3 Å². The molecule has 6 aliphatic rings. The van der Waals surface area contributed by atoms with Crippen molar-refractivity contribution in [3.05, 3.63) is 66.8 Å². The van der Waals surface area contributed by atoms with E-state index < -0.39 is 0 Å². The molecule has 0 radical (unpaired) electrons. The average molecular weight is 518 g/mol. The molecule has 8 atom stereocenters. The van der Waals surface area contributed by atoms with Crippen molar-refractivity contribution in [3.8, 4) is 11.5 Å². The zero-order valence-corrected chi connectivity index (χ0v) is 20.8. The van der Waals surface area contributed by atoms with Crippen LogP contribution in [0.5, 0.6) is 0 Å². The Morgan fingerprint density at radius 3 is 1.59 bits per heavy atom. The number of imide groups is 2. The molecule has 1 aromatic heterocycles. The molecule has 2 aromatic carbocycles. The Morgan fingerprint density at radius 2 is 1.08 bits per heavy atom. The van der Waals surface area contributed by atoms with E-state index in [0.29, 0.717) is 33.9 Å². The molecule has 4 amide bonds. The third-order valence-electron chi connectivity index (χ3n) is 9.94. The lowest BCUT2D eigenvalue weighted by Gasteiger charge is -2.17. The number of anilines is 2. The maximum Gasteiger partial charge on any atom is 0.238 e. The second-order valence-electron chi connectivity index (χ2n) is 11.7. The quantitative estimate of drug-likeness (QED) is 0.383. The van der Waals surface area contributed by atoms with Crippen molar-refractivity contribution in [2.75, 3.05) is 9.80 Å². The minimum atomic E-state index is -0.257. The summed E-state index contributed by atoms with van der Waals surface area (Å²) in [6, 6.07) is 12.3. The second kappa shape index (κ2) is 7.20. The van der Waals surface area contributed by atoms with Gasteiger partial charge in [0, 0.05) is 11.6 Å². The van der Waals surface area contributed by atoms with Gasteiger partial charge in [-0.25, -0.2) is 9.88 Å². The zero-order chi connectivity index (χ0) is 26.2. The van der Waals surface area contributed by atoms with Crippen molar-refractivity contribution < 1.29 is 23.6 Å². The summed E-state index contributed by atoms with van der Waals surface area (Å²) < 4.78 is 6.05. The van der Waals surface area contributed by atoms with Gasteiger partial charge in [0.25, 0.3) is 0 Å². The van der Waals surface area contributed by atoms with E-state index in [4.69, 9.17) is 4.42 Å². The van der Waals surface area contributed by atoms with E-state index >= 15 is 0 Å². The molecule has 8 heteroatoms. The summed E-state index contributed by atoms with van der Waals surface area (Å²) in [5.74, 6) is -0.435. The molecule has 3 heterocycles. The Morgan fingerprint density at radius 1 is 0.615 bits per heavy atom. The fourth-order valence-electron chi connectivity index (χ4n) is 8.24. The molecular formula is C31H23N3O5. The number of hydrogen-bond acceptors (Lipinski definition) is 6. The number of allylic oxidation sites excluding steroid dienone is 4. The van der Waals surface area contributed by atoms with Crippen LogP contribution in [0.15, 0.2) is 71.2 Å². The van der Waals surface area contributed by atoms with Gasteiger partial charge in [-0.15, -0.1) is 0 Å². The molecule has 4 bridgehead atoms. The SMILES string of the molecule is O=C1[C@@H]2[C@@H](C(=O)N1c1ccc3nc(-c4ccc(N5C(=O)[C@@H]6[C@H](C5=O)[C@H]5C=C[C@H]6C5)cc4)oc3c1)[C@H]1C=C[C@H]2C1. The summed E-state index contributed by atoms with van der Waals surface area (Å²) >= 11 is 0. The van der Waals surface area contributed by atoms with Gasteiger partial charge in [-0.3, -0.25) is 24.1 Å². The van der Waals surface area contributed by atoms with Crippen LogP contribution in [0, 0.1) is 47.3 Å². The molecular weight excluding hydrogens is 494 g/mol. The molecule has 4 aliphatic carbocycles. The number of aromatic nitrogens is 1. The second-order valence-corrected chi connectivity index (χ2v) is 11.7. The Hall–Kier alpha value is -4.33. The summed E-state index contributed by atoms with van der Waals surface area (Å²) in [6.45, 7) is 0. The van der Waals surface area contributed by atoms with Gasteiger partial charge in [-0.2, -0.15) is 0 Å². The van der Waals surface area contributed by atoms with E-state index in [1.165, 1.54) is 9.80 Å². The molecule has 0 unspecified atom stereocenters. The van der Waals surface area contributed by atoms with Crippen LogP contribution in [-0.4, -0.2) is 28.6 Å². The van der Waals surface area contributed by atoms with E-state index in [1.54, 1.807) is 42.5 Å². The lowest BCUT2D eigenvalue weighted by Crippen LogP contribution is -2.32. The number of oxazole rings is 1. The van der Waals surface area contributed by atoms with Gasteiger partial charge < -0.3 is 4.42 Å². The number of carbonyl (C=O) groups excluding carboxylic acids is 4. The monoisotopic (exact) mass is 517 g/mol. The highest BCUT2D eigenvalue weighted by atomic mass is 16.3. The fourth-order valence-corrected chi connectivity index (χ4v) is 8.24. The number of amides is 4. The van der Waals surface area contributed by atoms with Crippen LogP contribution in [0.4, 0.5) is 11.4 Å². The largest absolute Gasteiger partial charge is 0.436 e. The third kappa shape index (κ3) is 2.66. The summed E-state index contributed by atoms with van der Waals surface area (Å²) in [5.41, 5.74) is 2.85. The lowest BCUT2D eigenvalue weighted by molar-refractivity contribution is -0.124. The molecule has 8 nitrogen and oxygen atoms in total. The predicted octanol–water partition coefficient (Wildman–Crippen LogP) is 4.12. The average Bonchev–Trinajstić information content (AvgIpc) is 3.79. The van der Waals surface area contributed by atoms with E-state index in [9.17, 15) is 19.2 Å². The van der Waals surface area contributed by atoms with Gasteiger partial charge in [0.2, 0.25) is 29.5 Å². The number of carbonyl (C=O) groups is 4. The summed E-state index contributed by atoms with van der Waals surface area (Å²) in [6.07, 6.45) is 10.1. The van der Waals surface area contributed by atoms with Crippen molar-refractivity contribution in [2.45, 2.75) is 12.8 Å². The van der Waals surface area contributed by atoms with Crippen molar-refractivity contribution >= 4 is 46.1 Å². The molecule has 0 N–H and O–H groups in total. The van der Waals surface area contributed by atoms with Crippen LogP contribution in [0.2, 0.25) is 0 Å². The van der Waals surface area contributed by atoms with Gasteiger partial charge >= 0.3 is 0 Å². The zero-order valence-electron chi connectivity index (χ0n) is 20.8. The van der Waals surface area contributed by atoms with Crippen LogP contribution in [-0.2, 0) is 19.2 Å². The first-order valence-corrected chi connectivity index (χ1v) is 13.6. The number of nitrogens with zero attached hydrogens (tertiary/aromatic N) is 3. The number of rotatable bonds is 3. The molecule has 0 spiro atoms. The molecule has 192 valence electrons. The molecule has 3 aromatic rings. The first kappa shape index (κ1) is 21.6. The van der Waals surface area contributed by atoms with Crippen LogP contribution in [0.25, 0.3) is 22.6 Å². The third-order valence-corrected chi connectivity index (χ3v) is 9.94. The normalized spacial score (nSPS) is 35.4. The molecule has 9 rings (SSSR count). The van der Waals surface area contributed by atoms with Crippen molar-refractivity contribution in [1.29, 1.82) is 0 Å².